The number of hydrogen-bond acceptors (Lipinski definition) is 7. The Morgan fingerprint density at radius 2 is 0.826 bits per heavy atom. The number of rotatable bonds is 25. The van der Waals surface area contributed by atoms with E-state index in [2.05, 4.69) is 0 Å². The van der Waals surface area contributed by atoms with Crippen LogP contribution in [-0.4, -0.2) is 48.6 Å². The van der Waals surface area contributed by atoms with Gasteiger partial charge in [-0.3, -0.25) is 4.57 Å². The smallest absolute Gasteiger partial charge is 0.361 e. The van der Waals surface area contributed by atoms with Crippen LogP contribution in [0.4, 0.5) is 0 Å². The Morgan fingerprint density at radius 3 is 1.20 bits per heavy atom. The second kappa shape index (κ2) is 21.2. The fourth-order valence-electron chi connectivity index (χ4n) is 4.76. The van der Waals surface area contributed by atoms with E-state index in [4.69, 9.17) is 28.7 Å². The summed E-state index contributed by atoms with van der Waals surface area (Å²) in [5.74, 6) is -0.543. The van der Waals surface area contributed by atoms with Crippen molar-refractivity contribution in [2.24, 2.45) is 0 Å². The largest absolute Gasteiger partial charge is 0.494 e. The number of aromatic carboxylic acids is 2. The highest BCUT2D eigenvalue weighted by Crippen LogP contribution is 2.47. The topological polar surface area (TPSA) is 129 Å². The van der Waals surface area contributed by atoms with Gasteiger partial charge in [-0.1, -0.05) is 69.6 Å². The molecule has 0 aliphatic rings. The standard InChI is InChI=1S/C36H47O9P/c37-35(38)30-18-22-32(23-19-30)42-26-12-5-1-3-7-14-28-44-46(41,34-16-10-9-11-17-34)45-29-15-8-4-2-6-13-27-43-33-24-20-31(21-25-33)36(39)40/h9-11,16-25H,1-8,12-15,26-29H2,(H,37,38)(H,39,40). The van der Waals surface area contributed by atoms with E-state index in [-0.39, 0.29) is 11.1 Å². The van der Waals surface area contributed by atoms with Crippen LogP contribution in [0.1, 0.15) is 97.8 Å². The van der Waals surface area contributed by atoms with E-state index in [9.17, 15) is 14.2 Å². The monoisotopic (exact) mass is 654 g/mol. The first-order chi connectivity index (χ1) is 22.4. The molecule has 0 unspecified atom stereocenters. The van der Waals surface area contributed by atoms with E-state index < -0.39 is 19.5 Å². The molecule has 46 heavy (non-hydrogen) atoms. The zero-order valence-electron chi connectivity index (χ0n) is 26.5. The molecule has 0 bridgehead atoms. The average molecular weight is 655 g/mol. The van der Waals surface area contributed by atoms with Crippen LogP contribution in [0.15, 0.2) is 78.9 Å². The van der Waals surface area contributed by atoms with Crippen molar-refractivity contribution in [3.63, 3.8) is 0 Å². The second-order valence-corrected chi connectivity index (χ2v) is 13.1. The Morgan fingerprint density at radius 1 is 0.478 bits per heavy atom. The molecule has 250 valence electrons. The van der Waals surface area contributed by atoms with Crippen molar-refractivity contribution < 1.29 is 42.9 Å². The SMILES string of the molecule is O=C(O)c1ccc(OCCCCCCCCOP(=O)(OCCCCCCCCOc2ccc(C(=O)O)cc2)c2ccccc2)cc1. The molecule has 3 aromatic rings. The van der Waals surface area contributed by atoms with Gasteiger partial charge < -0.3 is 28.7 Å². The minimum Gasteiger partial charge on any atom is -0.494 e. The number of ether oxygens (including phenoxy) is 2. The summed E-state index contributed by atoms with van der Waals surface area (Å²) in [6.45, 7) is 1.95. The van der Waals surface area contributed by atoms with Crippen molar-refractivity contribution >= 4 is 24.8 Å². The Hall–Kier alpha value is -3.65. The third-order valence-corrected chi connectivity index (χ3v) is 9.39. The number of benzene rings is 3. The van der Waals surface area contributed by atoms with E-state index in [0.717, 1.165) is 77.0 Å². The fourth-order valence-corrected chi connectivity index (χ4v) is 6.41. The predicted molar refractivity (Wildman–Crippen MR) is 179 cm³/mol. The Labute approximate surface area is 272 Å². The first-order valence-electron chi connectivity index (χ1n) is 16.2. The predicted octanol–water partition coefficient (Wildman–Crippen LogP) is 8.77. The normalized spacial score (nSPS) is 11.3. The zero-order chi connectivity index (χ0) is 32.9. The Bertz CT molecular complexity index is 1250. The number of unbranched alkanes of at least 4 members (excludes halogenated alkanes) is 10. The summed E-state index contributed by atoms with van der Waals surface area (Å²) in [5, 5.41) is 18.5. The van der Waals surface area contributed by atoms with Crippen LogP contribution in [0.5, 0.6) is 11.5 Å². The highest BCUT2D eigenvalue weighted by atomic mass is 31.2. The molecule has 0 spiro atoms. The fraction of sp³-hybridized carbons (Fsp3) is 0.444. The lowest BCUT2D eigenvalue weighted by Crippen LogP contribution is -2.11. The number of carboxylic acid groups (broad SMARTS) is 2. The molecule has 0 fully saturated rings. The van der Waals surface area contributed by atoms with Gasteiger partial charge in [-0.15, -0.1) is 0 Å². The van der Waals surface area contributed by atoms with Gasteiger partial charge >= 0.3 is 19.5 Å². The Balaban J connectivity index is 1.21. The van der Waals surface area contributed by atoms with Gasteiger partial charge in [-0.25, -0.2) is 9.59 Å². The molecule has 0 aliphatic heterocycles. The molecule has 2 N–H and O–H groups in total. The molecule has 0 aliphatic carbocycles. The van der Waals surface area contributed by atoms with E-state index in [0.29, 0.717) is 43.2 Å². The minimum atomic E-state index is -3.39. The highest BCUT2D eigenvalue weighted by Gasteiger charge is 2.27. The first kappa shape index (κ1) is 36.8. The van der Waals surface area contributed by atoms with Crippen LogP contribution in [0, 0.1) is 0 Å². The van der Waals surface area contributed by atoms with Crippen molar-refractivity contribution in [3.05, 3.63) is 90.0 Å². The first-order valence-corrected chi connectivity index (χ1v) is 17.8. The summed E-state index contributed by atoms with van der Waals surface area (Å²) in [4.78, 5) is 21.8. The van der Waals surface area contributed by atoms with Crippen molar-refractivity contribution in [2.45, 2.75) is 77.0 Å². The maximum Gasteiger partial charge on any atom is 0.361 e. The average Bonchev–Trinajstić information content (AvgIpc) is 3.07. The minimum absolute atomic E-state index is 0.246. The third-order valence-electron chi connectivity index (χ3n) is 7.41. The van der Waals surface area contributed by atoms with Gasteiger partial charge in [0.1, 0.15) is 11.5 Å². The molecule has 0 amide bonds. The Kier molecular flexibility index (Phi) is 17.0. The lowest BCUT2D eigenvalue weighted by Gasteiger charge is -2.19. The zero-order valence-corrected chi connectivity index (χ0v) is 27.4. The van der Waals surface area contributed by atoms with Gasteiger partial charge in [-0.05, 0) is 86.3 Å². The summed E-state index contributed by atoms with van der Waals surface area (Å²) in [7, 11) is -3.39. The van der Waals surface area contributed by atoms with Crippen LogP contribution in [0.25, 0.3) is 0 Å². The van der Waals surface area contributed by atoms with Gasteiger partial charge in [0.2, 0.25) is 0 Å². The van der Waals surface area contributed by atoms with Gasteiger partial charge in [0.25, 0.3) is 0 Å². The molecule has 3 rings (SSSR count). The second-order valence-electron chi connectivity index (χ2n) is 11.1. The van der Waals surface area contributed by atoms with Gasteiger partial charge in [-0.2, -0.15) is 0 Å². The molecule has 10 heteroatoms. The van der Waals surface area contributed by atoms with Crippen molar-refractivity contribution in [1.82, 2.24) is 0 Å². The highest BCUT2D eigenvalue weighted by molar-refractivity contribution is 7.62. The van der Waals surface area contributed by atoms with Crippen LogP contribution in [-0.2, 0) is 13.6 Å². The van der Waals surface area contributed by atoms with Crippen LogP contribution >= 0.6 is 7.60 Å². The van der Waals surface area contributed by atoms with E-state index in [1.807, 2.05) is 18.2 Å². The van der Waals surface area contributed by atoms with E-state index in [1.165, 1.54) is 0 Å². The molecule has 0 saturated heterocycles. The number of carboxylic acids is 2. The molecular weight excluding hydrogens is 607 g/mol. The summed E-state index contributed by atoms with van der Waals surface area (Å²) in [6.07, 6.45) is 11.8. The molecule has 0 heterocycles. The molecule has 9 nitrogen and oxygen atoms in total. The lowest BCUT2D eigenvalue weighted by atomic mass is 10.1. The van der Waals surface area contributed by atoms with Crippen LogP contribution in [0.2, 0.25) is 0 Å². The quantitative estimate of drug-likeness (QED) is 0.0680. The molecule has 3 aromatic carbocycles. The lowest BCUT2D eigenvalue weighted by molar-refractivity contribution is 0.0686. The molecule has 0 aromatic heterocycles. The van der Waals surface area contributed by atoms with Crippen molar-refractivity contribution in [3.8, 4) is 11.5 Å². The van der Waals surface area contributed by atoms with Crippen LogP contribution < -0.4 is 14.8 Å². The van der Waals surface area contributed by atoms with Crippen molar-refractivity contribution in [2.75, 3.05) is 26.4 Å². The van der Waals surface area contributed by atoms with Crippen LogP contribution in [0.3, 0.4) is 0 Å². The summed E-state index contributed by atoms with van der Waals surface area (Å²) < 4.78 is 36.8. The molecule has 0 saturated carbocycles. The van der Waals surface area contributed by atoms with E-state index in [1.54, 1.807) is 60.7 Å². The van der Waals surface area contributed by atoms with Gasteiger partial charge in [0.15, 0.2) is 0 Å². The summed E-state index contributed by atoms with van der Waals surface area (Å²) in [6, 6.07) is 22.0. The summed E-state index contributed by atoms with van der Waals surface area (Å²) >= 11 is 0. The third kappa shape index (κ3) is 14.2. The number of hydrogen-bond donors (Lipinski definition) is 2. The maximum absolute atomic E-state index is 13.6. The van der Waals surface area contributed by atoms with E-state index >= 15 is 0 Å². The van der Waals surface area contributed by atoms with Gasteiger partial charge in [0.05, 0.1) is 42.9 Å². The number of carbonyl (C=O) groups is 2. The molecule has 0 radical (unpaired) electrons. The maximum atomic E-state index is 13.6. The summed E-state index contributed by atoms with van der Waals surface area (Å²) in [5.41, 5.74) is 0.492. The van der Waals surface area contributed by atoms with Gasteiger partial charge in [0, 0.05) is 0 Å². The molecular formula is C36H47O9P. The van der Waals surface area contributed by atoms with Crippen molar-refractivity contribution in [1.29, 1.82) is 0 Å². The molecule has 0 atom stereocenters.